The quantitative estimate of drug-likeness (QED) is 0.460. The van der Waals surface area contributed by atoms with Crippen LogP contribution in [-0.4, -0.2) is 34.3 Å². The lowest BCUT2D eigenvalue weighted by Crippen LogP contribution is -2.37. The maximum atomic E-state index is 12.7. The van der Waals surface area contributed by atoms with Crippen LogP contribution >= 0.6 is 0 Å². The van der Waals surface area contributed by atoms with Crippen LogP contribution in [0, 0.1) is 0 Å². The predicted octanol–water partition coefficient (Wildman–Crippen LogP) is 3.44. The van der Waals surface area contributed by atoms with Gasteiger partial charge in [0.25, 0.3) is 11.5 Å². The molecule has 1 aromatic carbocycles. The van der Waals surface area contributed by atoms with E-state index in [0.29, 0.717) is 17.3 Å². The molecule has 0 aliphatic carbocycles. The van der Waals surface area contributed by atoms with Crippen LogP contribution in [0.1, 0.15) is 69.8 Å². The number of nitrogens with zero attached hydrogens (tertiary/aromatic N) is 2. The molecule has 0 unspecified atom stereocenters. The van der Waals surface area contributed by atoms with Crippen molar-refractivity contribution in [3.8, 4) is 0 Å². The van der Waals surface area contributed by atoms with Crippen LogP contribution in [0.5, 0.6) is 0 Å². The number of esters is 1. The van der Waals surface area contributed by atoms with Gasteiger partial charge in [0.15, 0.2) is 12.3 Å². The zero-order chi connectivity index (χ0) is 21.2. The number of fused-ring (bicyclic) bond motifs is 1. The average Bonchev–Trinajstić information content (AvgIpc) is 2.74. The third kappa shape index (κ3) is 6.14. The third-order valence-electron chi connectivity index (χ3n) is 4.97. The molecule has 0 aliphatic heterocycles. The van der Waals surface area contributed by atoms with E-state index in [1.54, 1.807) is 24.3 Å². The van der Waals surface area contributed by atoms with Crippen molar-refractivity contribution in [3.63, 3.8) is 0 Å². The topological polar surface area (TPSA) is 90.3 Å². The van der Waals surface area contributed by atoms with Gasteiger partial charge in [-0.25, -0.2) is 9.48 Å². The van der Waals surface area contributed by atoms with Crippen LogP contribution in [-0.2, 0) is 16.1 Å². The first kappa shape index (κ1) is 22.6. The fourth-order valence-electron chi connectivity index (χ4n) is 3.19. The maximum Gasteiger partial charge on any atom is 0.359 e. The van der Waals surface area contributed by atoms with Gasteiger partial charge in [0.1, 0.15) is 0 Å². The molecule has 158 valence electrons. The van der Waals surface area contributed by atoms with Crippen molar-refractivity contribution >= 4 is 22.6 Å². The van der Waals surface area contributed by atoms with Gasteiger partial charge < -0.3 is 10.1 Å². The smallest absolute Gasteiger partial charge is 0.359 e. The summed E-state index contributed by atoms with van der Waals surface area (Å²) in [7, 11) is 0. The summed E-state index contributed by atoms with van der Waals surface area (Å²) in [5.41, 5.74) is -0.161. The third-order valence-corrected chi connectivity index (χ3v) is 4.97. The second kappa shape index (κ2) is 11.3. The number of hydrogen-bond donors (Lipinski definition) is 1. The van der Waals surface area contributed by atoms with Gasteiger partial charge in [0, 0.05) is 18.0 Å². The lowest BCUT2D eigenvalue weighted by atomic mass is 10.1. The van der Waals surface area contributed by atoms with Crippen molar-refractivity contribution in [1.82, 2.24) is 15.1 Å². The summed E-state index contributed by atoms with van der Waals surface area (Å²) in [6.07, 6.45) is 5.61. The molecule has 0 atom stereocenters. The first-order valence-corrected chi connectivity index (χ1v) is 10.5. The molecule has 0 aliphatic rings. The molecule has 1 heterocycles. The highest BCUT2D eigenvalue weighted by atomic mass is 16.5. The number of hydrogen-bond acceptors (Lipinski definition) is 5. The summed E-state index contributed by atoms with van der Waals surface area (Å²) >= 11 is 0. The second-order valence-electron chi connectivity index (χ2n) is 7.14. The normalized spacial score (nSPS) is 11.0. The van der Waals surface area contributed by atoms with E-state index >= 15 is 0 Å². The summed E-state index contributed by atoms with van der Waals surface area (Å²) < 4.78 is 6.53. The summed E-state index contributed by atoms with van der Waals surface area (Å²) in [4.78, 5) is 37.4. The van der Waals surface area contributed by atoms with Crippen molar-refractivity contribution in [2.45, 2.75) is 71.9 Å². The first-order chi connectivity index (χ1) is 14.0. The van der Waals surface area contributed by atoms with E-state index in [2.05, 4.69) is 17.3 Å². The number of carbonyl (C=O) groups excluding carboxylic acids is 2. The SMILES string of the molecule is CCCCCCn1nc(C(=O)OCC(=O)NC(CC)CC)c2ccccc2c1=O. The van der Waals surface area contributed by atoms with E-state index in [4.69, 9.17) is 4.74 Å². The molecule has 0 bridgehead atoms. The number of unbranched alkanes of at least 4 members (excludes halogenated alkanes) is 3. The van der Waals surface area contributed by atoms with E-state index in [1.807, 2.05) is 13.8 Å². The van der Waals surface area contributed by atoms with Crippen LogP contribution in [0.15, 0.2) is 29.1 Å². The van der Waals surface area contributed by atoms with Crippen molar-refractivity contribution in [2.24, 2.45) is 0 Å². The van der Waals surface area contributed by atoms with Crippen LogP contribution < -0.4 is 10.9 Å². The lowest BCUT2D eigenvalue weighted by Gasteiger charge is -2.15. The molecule has 0 radical (unpaired) electrons. The number of aryl methyl sites for hydroxylation is 1. The minimum Gasteiger partial charge on any atom is -0.451 e. The van der Waals surface area contributed by atoms with Crippen LogP contribution in [0.25, 0.3) is 10.8 Å². The zero-order valence-corrected chi connectivity index (χ0v) is 17.6. The van der Waals surface area contributed by atoms with Gasteiger partial charge >= 0.3 is 5.97 Å². The Morgan fingerprint density at radius 2 is 1.76 bits per heavy atom. The van der Waals surface area contributed by atoms with Crippen molar-refractivity contribution < 1.29 is 14.3 Å². The lowest BCUT2D eigenvalue weighted by molar-refractivity contribution is -0.125. The highest BCUT2D eigenvalue weighted by molar-refractivity contribution is 6.02. The number of rotatable bonds is 11. The molecular weight excluding hydrogens is 370 g/mol. The summed E-state index contributed by atoms with van der Waals surface area (Å²) in [6, 6.07) is 6.91. The molecule has 1 amide bonds. The number of nitrogens with one attached hydrogen (secondary N) is 1. The summed E-state index contributed by atoms with van der Waals surface area (Å²) in [5.74, 6) is -1.05. The van der Waals surface area contributed by atoms with Gasteiger partial charge in [-0.2, -0.15) is 5.10 Å². The van der Waals surface area contributed by atoms with E-state index in [9.17, 15) is 14.4 Å². The monoisotopic (exact) mass is 401 g/mol. The number of carbonyl (C=O) groups is 2. The molecule has 7 nitrogen and oxygen atoms in total. The van der Waals surface area contributed by atoms with E-state index in [0.717, 1.165) is 38.5 Å². The number of aromatic nitrogens is 2. The Balaban J connectivity index is 2.19. The summed E-state index contributed by atoms with van der Waals surface area (Å²) in [6.45, 7) is 6.16. The van der Waals surface area contributed by atoms with E-state index < -0.39 is 5.97 Å². The standard InChI is InChI=1S/C22H31N3O4/c1-4-7-8-11-14-25-21(27)18-13-10-9-12-17(18)20(24-25)22(28)29-15-19(26)23-16(5-2)6-3/h9-10,12-13,16H,4-8,11,14-15H2,1-3H3,(H,23,26). The van der Waals surface area contributed by atoms with Gasteiger partial charge in [-0.15, -0.1) is 0 Å². The van der Waals surface area contributed by atoms with Gasteiger partial charge in [-0.05, 0) is 25.3 Å². The van der Waals surface area contributed by atoms with Crippen molar-refractivity contribution in [1.29, 1.82) is 0 Å². The Kier molecular flexibility index (Phi) is 8.83. The highest BCUT2D eigenvalue weighted by Crippen LogP contribution is 2.15. The Labute approximate surface area is 171 Å². The zero-order valence-electron chi connectivity index (χ0n) is 17.6. The molecule has 0 saturated heterocycles. The Bertz CT molecular complexity index is 887. The Hall–Kier alpha value is -2.70. The molecule has 0 fully saturated rings. The fraction of sp³-hybridized carbons (Fsp3) is 0.545. The minimum absolute atomic E-state index is 0.0604. The first-order valence-electron chi connectivity index (χ1n) is 10.5. The minimum atomic E-state index is -0.705. The molecule has 2 rings (SSSR count). The summed E-state index contributed by atoms with van der Waals surface area (Å²) in [5, 5.41) is 7.96. The van der Waals surface area contributed by atoms with Gasteiger partial charge in [-0.1, -0.05) is 58.2 Å². The van der Waals surface area contributed by atoms with Crippen LogP contribution in [0.2, 0.25) is 0 Å². The largest absolute Gasteiger partial charge is 0.451 e. The van der Waals surface area contributed by atoms with E-state index in [-0.39, 0.29) is 29.8 Å². The molecule has 1 aromatic heterocycles. The molecule has 0 saturated carbocycles. The fourth-order valence-corrected chi connectivity index (χ4v) is 3.19. The Morgan fingerprint density at radius 3 is 2.41 bits per heavy atom. The number of ether oxygens (including phenoxy) is 1. The van der Waals surface area contributed by atoms with Gasteiger partial charge in [0.2, 0.25) is 0 Å². The second-order valence-corrected chi connectivity index (χ2v) is 7.14. The number of benzene rings is 1. The average molecular weight is 402 g/mol. The molecular formula is C22H31N3O4. The van der Waals surface area contributed by atoms with Crippen LogP contribution in [0.3, 0.4) is 0 Å². The molecule has 1 N–H and O–H groups in total. The van der Waals surface area contributed by atoms with Crippen molar-refractivity contribution in [3.05, 3.63) is 40.3 Å². The molecule has 29 heavy (non-hydrogen) atoms. The molecule has 0 spiro atoms. The maximum absolute atomic E-state index is 12.7. The van der Waals surface area contributed by atoms with E-state index in [1.165, 1.54) is 4.68 Å². The van der Waals surface area contributed by atoms with Crippen LogP contribution in [0.4, 0.5) is 0 Å². The molecule has 2 aromatic rings. The predicted molar refractivity (Wildman–Crippen MR) is 113 cm³/mol. The van der Waals surface area contributed by atoms with Crippen molar-refractivity contribution in [2.75, 3.05) is 6.61 Å². The van der Waals surface area contributed by atoms with Gasteiger partial charge in [-0.3, -0.25) is 9.59 Å². The van der Waals surface area contributed by atoms with Gasteiger partial charge in [0.05, 0.1) is 5.39 Å². The highest BCUT2D eigenvalue weighted by Gasteiger charge is 2.19. The number of amides is 1. The Morgan fingerprint density at radius 1 is 1.07 bits per heavy atom. The molecule has 7 heteroatoms.